The normalized spacial score (nSPS) is 10.5. The van der Waals surface area contributed by atoms with E-state index in [9.17, 15) is 4.79 Å². The molecule has 0 saturated carbocycles. The molecule has 0 spiro atoms. The van der Waals surface area contributed by atoms with Crippen LogP contribution in [0.15, 0.2) is 36.4 Å². The molecule has 1 N–H and O–H groups in total. The fourth-order valence-corrected chi connectivity index (χ4v) is 4.66. The first-order chi connectivity index (χ1) is 10.5. The van der Waals surface area contributed by atoms with Crippen LogP contribution >= 0.6 is 67.8 Å². The van der Waals surface area contributed by atoms with Crippen molar-refractivity contribution in [1.82, 2.24) is 0 Å². The van der Waals surface area contributed by atoms with E-state index in [0.717, 1.165) is 24.0 Å². The summed E-state index contributed by atoms with van der Waals surface area (Å²) >= 11 is 6.79. The molecule has 0 aliphatic carbocycles. The number of carbonyl (C=O) groups is 1. The number of hydrogen-bond acceptors (Lipinski definition) is 2. The minimum atomic E-state index is -0.774. The predicted octanol–water partition coefficient (Wildman–Crippen LogP) is 5.10. The highest BCUT2D eigenvalue weighted by Gasteiger charge is 2.11. The summed E-state index contributed by atoms with van der Waals surface area (Å²) in [5, 5.41) is 8.78. The van der Waals surface area contributed by atoms with Crippen molar-refractivity contribution in [3.8, 4) is 5.75 Å². The topological polar surface area (TPSA) is 46.5 Å². The first-order valence-electron chi connectivity index (χ1n) is 6.53. The van der Waals surface area contributed by atoms with Gasteiger partial charge in [0.15, 0.2) is 0 Å². The monoisotopic (exact) mass is 634 g/mol. The van der Waals surface area contributed by atoms with Gasteiger partial charge < -0.3 is 9.84 Å². The van der Waals surface area contributed by atoms with Gasteiger partial charge in [-0.05, 0) is 98.0 Å². The van der Waals surface area contributed by atoms with Gasteiger partial charge in [-0.1, -0.05) is 18.2 Å². The van der Waals surface area contributed by atoms with Gasteiger partial charge in [-0.25, -0.2) is 0 Å². The largest absolute Gasteiger partial charge is 0.487 e. The molecule has 0 fully saturated rings. The van der Waals surface area contributed by atoms with Gasteiger partial charge in [0.2, 0.25) is 0 Å². The number of benzene rings is 2. The molecule has 0 aromatic heterocycles. The van der Waals surface area contributed by atoms with E-state index in [-0.39, 0.29) is 6.42 Å². The van der Waals surface area contributed by atoms with Crippen molar-refractivity contribution in [1.29, 1.82) is 0 Å². The van der Waals surface area contributed by atoms with Crippen LogP contribution in [0.4, 0.5) is 0 Å². The van der Waals surface area contributed by atoms with Gasteiger partial charge in [0.05, 0.1) is 7.14 Å². The molecule has 0 aliphatic rings. The van der Waals surface area contributed by atoms with Gasteiger partial charge in [0, 0.05) is 15.6 Å². The molecule has 6 heteroatoms. The molecule has 3 nitrogen and oxygen atoms in total. The fourth-order valence-electron chi connectivity index (χ4n) is 1.91. The van der Waals surface area contributed by atoms with E-state index in [1.807, 2.05) is 24.3 Å². The highest BCUT2D eigenvalue weighted by molar-refractivity contribution is 14.1. The lowest BCUT2D eigenvalue weighted by Gasteiger charge is -2.13. The van der Waals surface area contributed by atoms with Gasteiger partial charge in [-0.3, -0.25) is 4.79 Å². The zero-order chi connectivity index (χ0) is 16.1. The maximum absolute atomic E-state index is 10.7. The van der Waals surface area contributed by atoms with Gasteiger partial charge in [0.25, 0.3) is 0 Å². The van der Waals surface area contributed by atoms with Crippen LogP contribution in [0.5, 0.6) is 5.75 Å². The van der Waals surface area contributed by atoms with Crippen molar-refractivity contribution in [2.24, 2.45) is 0 Å². The Morgan fingerprint density at radius 3 is 2.27 bits per heavy atom. The van der Waals surface area contributed by atoms with Crippen molar-refractivity contribution in [3.05, 3.63) is 58.2 Å². The molecule has 0 bridgehead atoms. The van der Waals surface area contributed by atoms with Crippen molar-refractivity contribution in [2.75, 3.05) is 0 Å². The molecule has 2 aromatic carbocycles. The molecular formula is C16H13I3O3. The number of rotatable bonds is 6. The van der Waals surface area contributed by atoms with E-state index < -0.39 is 5.97 Å². The second-order valence-corrected chi connectivity index (χ2v) is 8.15. The molecular weight excluding hydrogens is 621 g/mol. The first-order valence-corrected chi connectivity index (χ1v) is 9.77. The predicted molar refractivity (Wildman–Crippen MR) is 111 cm³/mol. The summed E-state index contributed by atoms with van der Waals surface area (Å²) < 4.78 is 9.18. The van der Waals surface area contributed by atoms with Crippen LogP contribution in [0.25, 0.3) is 0 Å². The SMILES string of the molecule is O=C(O)CCc1cc(I)c(OCc2ccccc2I)c(I)c1. The summed E-state index contributed by atoms with van der Waals surface area (Å²) in [6.07, 6.45) is 0.687. The van der Waals surface area contributed by atoms with E-state index in [4.69, 9.17) is 9.84 Å². The van der Waals surface area contributed by atoms with Gasteiger partial charge in [-0.15, -0.1) is 0 Å². The van der Waals surface area contributed by atoms with Crippen molar-refractivity contribution in [2.45, 2.75) is 19.4 Å². The Morgan fingerprint density at radius 1 is 1.05 bits per heavy atom. The molecule has 0 aliphatic heterocycles. The lowest BCUT2D eigenvalue weighted by Crippen LogP contribution is -2.03. The number of aryl methyl sites for hydroxylation is 1. The summed E-state index contributed by atoms with van der Waals surface area (Å²) in [5.41, 5.74) is 2.18. The minimum Gasteiger partial charge on any atom is -0.487 e. The Hall–Kier alpha value is -0.1000. The van der Waals surface area contributed by atoms with Crippen molar-refractivity contribution >= 4 is 73.7 Å². The Morgan fingerprint density at radius 2 is 1.68 bits per heavy atom. The third-order valence-electron chi connectivity index (χ3n) is 3.02. The average molecular weight is 634 g/mol. The lowest BCUT2D eigenvalue weighted by atomic mass is 10.1. The Kier molecular flexibility index (Phi) is 7.19. The Labute approximate surface area is 170 Å². The molecule has 0 amide bonds. The van der Waals surface area contributed by atoms with Gasteiger partial charge in [0.1, 0.15) is 12.4 Å². The summed E-state index contributed by atoms with van der Waals surface area (Å²) in [7, 11) is 0. The van der Waals surface area contributed by atoms with Crippen LogP contribution in [0, 0.1) is 10.7 Å². The summed E-state index contributed by atoms with van der Waals surface area (Å²) in [6.45, 7) is 0.527. The molecule has 0 unspecified atom stereocenters. The van der Waals surface area contributed by atoms with Crippen LogP contribution < -0.4 is 4.74 Å². The molecule has 2 aromatic rings. The molecule has 0 atom stereocenters. The smallest absolute Gasteiger partial charge is 0.303 e. The third kappa shape index (κ3) is 5.22. The van der Waals surface area contributed by atoms with E-state index in [0.29, 0.717) is 13.0 Å². The minimum absolute atomic E-state index is 0.147. The van der Waals surface area contributed by atoms with Crippen molar-refractivity contribution in [3.63, 3.8) is 0 Å². The number of ether oxygens (including phenoxy) is 1. The number of hydrogen-bond donors (Lipinski definition) is 1. The molecule has 0 saturated heterocycles. The fraction of sp³-hybridized carbons (Fsp3) is 0.188. The van der Waals surface area contributed by atoms with E-state index >= 15 is 0 Å². The summed E-state index contributed by atoms with van der Waals surface area (Å²) in [4.78, 5) is 10.7. The second kappa shape index (κ2) is 8.67. The molecule has 22 heavy (non-hydrogen) atoms. The lowest BCUT2D eigenvalue weighted by molar-refractivity contribution is -0.136. The first kappa shape index (κ1) is 18.2. The Balaban J connectivity index is 2.11. The highest BCUT2D eigenvalue weighted by Crippen LogP contribution is 2.30. The number of aliphatic carboxylic acids is 1. The molecule has 2 rings (SSSR count). The summed E-state index contributed by atoms with van der Waals surface area (Å²) in [5.74, 6) is 0.0870. The molecule has 0 radical (unpaired) electrons. The zero-order valence-corrected chi connectivity index (χ0v) is 18.0. The molecule has 116 valence electrons. The van der Waals surface area contributed by atoms with Gasteiger partial charge in [-0.2, -0.15) is 0 Å². The van der Waals surface area contributed by atoms with Crippen LogP contribution in [0.3, 0.4) is 0 Å². The van der Waals surface area contributed by atoms with Crippen LogP contribution in [-0.2, 0) is 17.8 Å². The van der Waals surface area contributed by atoms with E-state index in [1.54, 1.807) is 0 Å². The quantitative estimate of drug-likeness (QED) is 0.451. The van der Waals surface area contributed by atoms with E-state index in [2.05, 4.69) is 79.9 Å². The average Bonchev–Trinajstić information content (AvgIpc) is 2.46. The van der Waals surface area contributed by atoms with Crippen LogP contribution in [0.1, 0.15) is 17.5 Å². The maximum Gasteiger partial charge on any atom is 0.303 e. The zero-order valence-electron chi connectivity index (χ0n) is 11.5. The number of halogens is 3. The van der Waals surface area contributed by atoms with Crippen molar-refractivity contribution < 1.29 is 14.6 Å². The third-order valence-corrected chi connectivity index (χ3v) is 5.67. The van der Waals surface area contributed by atoms with E-state index in [1.165, 1.54) is 3.57 Å². The Bertz CT molecular complexity index is 663. The van der Waals surface area contributed by atoms with Crippen LogP contribution in [0.2, 0.25) is 0 Å². The summed E-state index contributed by atoms with van der Waals surface area (Å²) in [6, 6.07) is 12.1. The highest BCUT2D eigenvalue weighted by atomic mass is 127. The second-order valence-electron chi connectivity index (χ2n) is 4.66. The standard InChI is InChI=1S/C16H13I3O3/c17-12-4-2-1-3-11(12)9-22-16-13(18)7-10(8-14(16)19)5-6-15(20)21/h1-4,7-8H,5-6,9H2,(H,20,21). The maximum atomic E-state index is 10.7. The number of carboxylic acid groups (broad SMARTS) is 1. The van der Waals surface area contributed by atoms with Gasteiger partial charge >= 0.3 is 5.97 Å². The molecule has 0 heterocycles. The van der Waals surface area contributed by atoms with Crippen LogP contribution in [-0.4, -0.2) is 11.1 Å². The number of carboxylic acids is 1.